The van der Waals surface area contributed by atoms with Crippen LogP contribution in [0.1, 0.15) is 6.92 Å². The van der Waals surface area contributed by atoms with E-state index in [4.69, 9.17) is 0 Å². The number of fused-ring (bicyclic) bond motifs is 2. The molecule has 4 rings (SSSR count). The summed E-state index contributed by atoms with van der Waals surface area (Å²) >= 11 is 0. The molecule has 1 saturated heterocycles. The summed E-state index contributed by atoms with van der Waals surface area (Å²) in [7, 11) is 0. The Labute approximate surface area is 133 Å². The number of hydrogen-bond acceptors (Lipinski definition) is 3. The normalized spacial score (nSPS) is 23.1. The Morgan fingerprint density at radius 3 is 3.04 bits per heavy atom. The fourth-order valence-electron chi connectivity index (χ4n) is 3.25. The van der Waals surface area contributed by atoms with Crippen molar-refractivity contribution in [3.8, 4) is 0 Å². The minimum absolute atomic E-state index is 0.0368. The first-order valence-electron chi connectivity index (χ1n) is 7.67. The Kier molecular flexibility index (Phi) is 3.08. The van der Waals surface area contributed by atoms with E-state index in [2.05, 4.69) is 15.6 Å². The van der Waals surface area contributed by atoms with Gasteiger partial charge in [-0.05, 0) is 36.6 Å². The second-order valence-corrected chi connectivity index (χ2v) is 6.09. The van der Waals surface area contributed by atoms with Gasteiger partial charge in [0.2, 0.25) is 5.91 Å². The van der Waals surface area contributed by atoms with E-state index in [-0.39, 0.29) is 17.6 Å². The molecule has 0 bridgehead atoms. The van der Waals surface area contributed by atoms with Crippen molar-refractivity contribution >= 4 is 28.3 Å². The van der Waals surface area contributed by atoms with Gasteiger partial charge in [0.25, 0.3) is 0 Å². The lowest BCUT2D eigenvalue weighted by Gasteiger charge is -2.27. The van der Waals surface area contributed by atoms with Crippen molar-refractivity contribution in [2.75, 3.05) is 11.9 Å². The molecule has 116 valence electrons. The SMILES string of the molecule is CC1=CC2C(=O)C(C(=O)Nc3ccc4cc[nH]c4c3)CNC2=C1. The van der Waals surface area contributed by atoms with Crippen LogP contribution in [0.25, 0.3) is 10.9 Å². The van der Waals surface area contributed by atoms with Crippen LogP contribution in [0.3, 0.4) is 0 Å². The number of aromatic nitrogens is 1. The molecule has 2 aromatic rings. The Morgan fingerprint density at radius 2 is 2.17 bits per heavy atom. The molecule has 1 aromatic carbocycles. The number of Topliss-reactive ketones (excluding diaryl/α,β-unsaturated/α-hetero) is 1. The van der Waals surface area contributed by atoms with Crippen molar-refractivity contribution in [1.82, 2.24) is 10.3 Å². The maximum atomic E-state index is 12.6. The minimum Gasteiger partial charge on any atom is -0.386 e. The molecule has 3 N–H and O–H groups in total. The molecule has 1 amide bonds. The van der Waals surface area contributed by atoms with Crippen LogP contribution in [0.15, 0.2) is 53.9 Å². The van der Waals surface area contributed by atoms with Gasteiger partial charge in [0, 0.05) is 29.6 Å². The van der Waals surface area contributed by atoms with Crippen LogP contribution in [0, 0.1) is 11.8 Å². The highest BCUT2D eigenvalue weighted by atomic mass is 16.2. The van der Waals surface area contributed by atoms with Crippen molar-refractivity contribution in [1.29, 1.82) is 0 Å². The molecule has 2 unspecified atom stereocenters. The average Bonchev–Trinajstić information content (AvgIpc) is 3.13. The number of carbonyl (C=O) groups is 2. The molecule has 0 spiro atoms. The van der Waals surface area contributed by atoms with Crippen molar-refractivity contribution in [3.63, 3.8) is 0 Å². The van der Waals surface area contributed by atoms with Crippen LogP contribution >= 0.6 is 0 Å². The molecule has 1 aliphatic carbocycles. The number of amides is 1. The predicted octanol–water partition coefficient (Wildman–Crippen LogP) is 2.35. The summed E-state index contributed by atoms with van der Waals surface area (Å²) in [5.74, 6) is -1.26. The van der Waals surface area contributed by atoms with Gasteiger partial charge in [0.15, 0.2) is 5.78 Å². The maximum absolute atomic E-state index is 12.6. The average molecular weight is 307 g/mol. The van der Waals surface area contributed by atoms with Crippen molar-refractivity contribution in [2.24, 2.45) is 11.8 Å². The van der Waals surface area contributed by atoms with Gasteiger partial charge in [0.1, 0.15) is 5.92 Å². The van der Waals surface area contributed by atoms with Crippen LogP contribution in [0.5, 0.6) is 0 Å². The lowest BCUT2D eigenvalue weighted by atomic mass is 9.87. The Bertz CT molecular complexity index is 875. The fourth-order valence-corrected chi connectivity index (χ4v) is 3.25. The summed E-state index contributed by atoms with van der Waals surface area (Å²) in [6.07, 6.45) is 5.73. The first kappa shape index (κ1) is 13.8. The smallest absolute Gasteiger partial charge is 0.236 e. The zero-order valence-electron chi connectivity index (χ0n) is 12.7. The minimum atomic E-state index is -0.668. The van der Waals surface area contributed by atoms with E-state index >= 15 is 0 Å². The molecular weight excluding hydrogens is 290 g/mol. The molecular formula is C18H17N3O2. The summed E-state index contributed by atoms with van der Waals surface area (Å²) in [5, 5.41) is 7.14. The van der Waals surface area contributed by atoms with E-state index in [9.17, 15) is 9.59 Å². The summed E-state index contributed by atoms with van der Waals surface area (Å²) in [6.45, 7) is 2.31. The van der Waals surface area contributed by atoms with Crippen molar-refractivity contribution in [2.45, 2.75) is 6.92 Å². The maximum Gasteiger partial charge on any atom is 0.236 e. The lowest BCUT2D eigenvalue weighted by Crippen LogP contribution is -2.46. The number of piperidine rings is 1. The largest absolute Gasteiger partial charge is 0.386 e. The van der Waals surface area contributed by atoms with Crippen molar-refractivity contribution in [3.05, 3.63) is 53.9 Å². The van der Waals surface area contributed by atoms with Gasteiger partial charge < -0.3 is 15.6 Å². The molecule has 1 aliphatic heterocycles. The molecule has 0 radical (unpaired) electrons. The number of benzene rings is 1. The highest BCUT2D eigenvalue weighted by Gasteiger charge is 2.39. The highest BCUT2D eigenvalue weighted by Crippen LogP contribution is 2.29. The monoisotopic (exact) mass is 307 g/mol. The topological polar surface area (TPSA) is 74.0 Å². The second kappa shape index (κ2) is 5.12. The molecule has 2 aliphatic rings. The van der Waals surface area contributed by atoms with Crippen LogP contribution < -0.4 is 10.6 Å². The van der Waals surface area contributed by atoms with E-state index in [0.29, 0.717) is 12.2 Å². The summed E-state index contributed by atoms with van der Waals surface area (Å²) < 4.78 is 0. The first-order chi connectivity index (χ1) is 11.1. The van der Waals surface area contributed by atoms with Gasteiger partial charge in [-0.1, -0.05) is 17.7 Å². The van der Waals surface area contributed by atoms with E-state index in [0.717, 1.165) is 22.2 Å². The molecule has 2 atom stereocenters. The summed E-state index contributed by atoms with van der Waals surface area (Å²) in [6, 6.07) is 7.63. The quantitative estimate of drug-likeness (QED) is 0.746. The fraction of sp³-hybridized carbons (Fsp3) is 0.222. The third-order valence-corrected chi connectivity index (χ3v) is 4.45. The van der Waals surface area contributed by atoms with Gasteiger partial charge in [0.05, 0.1) is 5.92 Å². The number of H-pyrrole nitrogens is 1. The van der Waals surface area contributed by atoms with Gasteiger partial charge >= 0.3 is 0 Å². The number of carbonyl (C=O) groups excluding carboxylic acids is 2. The third-order valence-electron chi connectivity index (χ3n) is 4.45. The molecule has 1 aromatic heterocycles. The molecule has 2 heterocycles. The lowest BCUT2D eigenvalue weighted by molar-refractivity contribution is -0.133. The van der Waals surface area contributed by atoms with E-state index in [1.54, 1.807) is 0 Å². The van der Waals surface area contributed by atoms with E-state index < -0.39 is 5.92 Å². The number of hydrogen-bond donors (Lipinski definition) is 3. The number of rotatable bonds is 2. The number of anilines is 1. The molecule has 5 nitrogen and oxygen atoms in total. The van der Waals surface area contributed by atoms with Crippen molar-refractivity contribution < 1.29 is 9.59 Å². The number of ketones is 1. The van der Waals surface area contributed by atoms with Gasteiger partial charge in [-0.2, -0.15) is 0 Å². The summed E-state index contributed by atoms with van der Waals surface area (Å²) in [4.78, 5) is 28.2. The zero-order chi connectivity index (χ0) is 16.0. The van der Waals surface area contributed by atoms with Crippen LogP contribution in [-0.2, 0) is 9.59 Å². The van der Waals surface area contributed by atoms with Gasteiger partial charge in [-0.3, -0.25) is 9.59 Å². The summed E-state index contributed by atoms with van der Waals surface area (Å²) in [5.41, 5.74) is 3.61. The van der Waals surface area contributed by atoms with Gasteiger partial charge in [-0.25, -0.2) is 0 Å². The molecule has 23 heavy (non-hydrogen) atoms. The zero-order valence-corrected chi connectivity index (χ0v) is 12.7. The Morgan fingerprint density at radius 1 is 1.30 bits per heavy atom. The van der Waals surface area contributed by atoms with Crippen LogP contribution in [0.4, 0.5) is 5.69 Å². The third kappa shape index (κ3) is 2.34. The van der Waals surface area contributed by atoms with Crippen LogP contribution in [0.2, 0.25) is 0 Å². The molecule has 1 fully saturated rings. The second-order valence-electron chi connectivity index (χ2n) is 6.09. The van der Waals surface area contributed by atoms with E-state index in [1.165, 1.54) is 0 Å². The van der Waals surface area contributed by atoms with Crippen LogP contribution in [-0.4, -0.2) is 23.2 Å². The van der Waals surface area contributed by atoms with E-state index in [1.807, 2.05) is 49.5 Å². The highest BCUT2D eigenvalue weighted by molar-refractivity contribution is 6.10. The van der Waals surface area contributed by atoms with Gasteiger partial charge in [-0.15, -0.1) is 0 Å². The molecule has 5 heteroatoms. The Hall–Kier alpha value is -2.82. The molecule has 0 saturated carbocycles. The predicted molar refractivity (Wildman–Crippen MR) is 88.8 cm³/mol. The number of nitrogens with one attached hydrogen (secondary N) is 3. The standard InChI is InChI=1S/C18H17N3O2/c1-10-6-13-16(7-10)20-9-14(17(13)22)18(23)21-12-3-2-11-4-5-19-15(11)8-12/h2-8,13-14,19-20H,9H2,1H3,(H,21,23). The number of aromatic amines is 1. The Balaban J connectivity index is 1.53. The number of allylic oxidation sites excluding steroid dienone is 3. The first-order valence-corrected chi connectivity index (χ1v) is 7.67.